The van der Waals surface area contributed by atoms with Crippen LogP contribution in [0, 0.1) is 3.80 Å². The average Bonchev–Trinajstić information content (AvgIpc) is 3.05. The Kier molecular flexibility index (Phi) is 9.66. The molecule has 1 aliphatic rings. The zero-order valence-electron chi connectivity index (χ0n) is 16.6. The van der Waals surface area contributed by atoms with Crippen molar-refractivity contribution in [3.8, 4) is 11.3 Å². The maximum Gasteiger partial charge on any atom is 0.0311 e. The van der Waals surface area contributed by atoms with Crippen molar-refractivity contribution in [1.82, 2.24) is 10.5 Å². The van der Waals surface area contributed by atoms with Crippen LogP contribution in [0.15, 0.2) is 66.9 Å². The van der Waals surface area contributed by atoms with E-state index in [2.05, 4.69) is 149 Å². The zero-order chi connectivity index (χ0) is 20.6. The van der Waals surface area contributed by atoms with Gasteiger partial charge < -0.3 is 0 Å². The standard InChI is InChI=1S/C17H16N2.C6H11I2N.Pt/c1-18-13-17(16-10-6-3-7-11-16)19(14-18)12-15-8-4-2-5-9-15;7-9(8)6-4-2-1-3-5-6;/h2-11,13H,12H2,1H3;6H,1-5H2;. The summed E-state index contributed by atoms with van der Waals surface area (Å²) in [5, 5.41) is 0. The third kappa shape index (κ3) is 6.87. The molecular formula is C23H27I2N3Pt. The molecule has 1 fully saturated rings. The Morgan fingerprint density at radius 1 is 0.931 bits per heavy atom. The van der Waals surface area contributed by atoms with Crippen molar-refractivity contribution < 1.29 is 19.4 Å². The average molecular weight is 794 g/mol. The van der Waals surface area contributed by atoms with Crippen LogP contribution < -0.4 is 0 Å². The molecule has 0 amide bonds. The molecule has 0 spiro atoms. The zero-order valence-corrected chi connectivity index (χ0v) is 23.2. The fraction of sp³-hybridized carbons (Fsp3) is 0.348. The van der Waals surface area contributed by atoms with Crippen LogP contribution in [0.5, 0.6) is 0 Å². The Morgan fingerprint density at radius 3 is 2.07 bits per heavy atom. The summed E-state index contributed by atoms with van der Waals surface area (Å²) >= 11 is 7.15. The Balaban J connectivity index is 0.000000224. The number of nitrogens with zero attached hydrogens (tertiary/aromatic N) is 3. The molecule has 4 rings (SSSR count). The Morgan fingerprint density at radius 2 is 1.52 bits per heavy atom. The van der Waals surface area contributed by atoms with Gasteiger partial charge in [-0.05, 0) is 12.8 Å². The Bertz CT molecular complexity index is 930. The molecule has 2 aromatic carbocycles. The number of benzene rings is 2. The summed E-state index contributed by atoms with van der Waals surface area (Å²) in [5.41, 5.74) is 3.82. The number of aromatic nitrogens is 2. The van der Waals surface area contributed by atoms with E-state index in [0.717, 1.165) is 12.6 Å². The molecule has 158 valence electrons. The van der Waals surface area contributed by atoms with E-state index in [0.29, 0.717) is 0 Å². The van der Waals surface area contributed by atoms with Gasteiger partial charge in [-0.1, -0.05) is 19.3 Å². The summed E-state index contributed by atoms with van der Waals surface area (Å²) in [6, 6.07) is 22.0. The van der Waals surface area contributed by atoms with E-state index in [-0.39, 0.29) is 0 Å². The molecule has 0 unspecified atom stereocenters. The third-order valence-electron chi connectivity index (χ3n) is 5.19. The predicted octanol–water partition coefficient (Wildman–Crippen LogP) is 6.94. The number of halogens is 2. The monoisotopic (exact) mass is 794 g/mol. The number of hydrogen-bond donors (Lipinski definition) is 0. The first-order valence-electron chi connectivity index (χ1n) is 9.98. The number of aryl methyl sites for hydroxylation is 1. The quantitative estimate of drug-likeness (QED) is 0.206. The molecule has 3 aromatic rings. The largest absolute Gasteiger partial charge is 0.185 e. The van der Waals surface area contributed by atoms with Crippen LogP contribution in [0.2, 0.25) is 0 Å². The predicted molar refractivity (Wildman–Crippen MR) is 134 cm³/mol. The summed E-state index contributed by atoms with van der Waals surface area (Å²) in [6.07, 6.45) is 9.34. The van der Waals surface area contributed by atoms with Crippen LogP contribution in [-0.4, -0.2) is 16.5 Å². The molecule has 3 nitrogen and oxygen atoms in total. The third-order valence-corrected chi connectivity index (χ3v) is 8.18. The van der Waals surface area contributed by atoms with Crippen molar-refractivity contribution in [3.63, 3.8) is 0 Å². The van der Waals surface area contributed by atoms with Crippen molar-refractivity contribution >= 4 is 45.7 Å². The summed E-state index contributed by atoms with van der Waals surface area (Å²) in [7, 11) is 2.09. The van der Waals surface area contributed by atoms with E-state index in [1.165, 1.54) is 52.7 Å². The van der Waals surface area contributed by atoms with Crippen LogP contribution in [0.4, 0.5) is 0 Å². The molecule has 1 saturated carbocycles. The van der Waals surface area contributed by atoms with Crippen LogP contribution >= 0.6 is 45.7 Å². The van der Waals surface area contributed by atoms with Gasteiger partial charge in [-0.2, -0.15) is 1.33 Å². The molecule has 0 bridgehead atoms. The summed E-state index contributed by atoms with van der Waals surface area (Å²) in [6.45, 7) is 0.894. The van der Waals surface area contributed by atoms with Gasteiger partial charge in [0.25, 0.3) is 0 Å². The van der Waals surface area contributed by atoms with Gasteiger partial charge in [0.1, 0.15) is 0 Å². The molecule has 6 heteroatoms. The van der Waals surface area contributed by atoms with Gasteiger partial charge in [0, 0.05) is 51.8 Å². The molecule has 29 heavy (non-hydrogen) atoms. The smallest absolute Gasteiger partial charge is 0.0311 e. The summed E-state index contributed by atoms with van der Waals surface area (Å²) in [5.74, 6) is 0. The first-order valence-corrected chi connectivity index (χ1v) is 13.0. The van der Waals surface area contributed by atoms with Crippen LogP contribution in [0.1, 0.15) is 37.7 Å². The molecule has 1 aromatic heterocycles. The van der Waals surface area contributed by atoms with Crippen LogP contribution in [-0.2, 0) is 32.9 Å². The molecule has 1 aliphatic carbocycles. The van der Waals surface area contributed by atoms with Crippen LogP contribution in [0.25, 0.3) is 11.3 Å². The SMILES string of the molecule is Cn1cc(-c2ccccc2)n(Cc2ccccc2)[c]1=[Pt].IN(I)C1CCCCC1. The number of hydrogen-bond acceptors (Lipinski definition) is 1. The minimum absolute atomic E-state index is 0.861. The molecule has 0 radical (unpaired) electrons. The topological polar surface area (TPSA) is 13.1 Å². The minimum atomic E-state index is 0.861. The van der Waals surface area contributed by atoms with Crippen LogP contribution in [0.3, 0.4) is 0 Å². The fourth-order valence-electron chi connectivity index (χ4n) is 3.61. The van der Waals surface area contributed by atoms with Gasteiger partial charge in [-0.15, -0.1) is 0 Å². The van der Waals surface area contributed by atoms with E-state index < -0.39 is 0 Å². The minimum Gasteiger partial charge on any atom is -0.185 e. The second-order valence-corrected chi connectivity index (χ2v) is 12.3. The second kappa shape index (κ2) is 12.0. The first-order chi connectivity index (χ1) is 14.1. The first kappa shape index (κ1) is 23.4. The van der Waals surface area contributed by atoms with Gasteiger partial charge in [-0.25, -0.2) is 0 Å². The van der Waals surface area contributed by atoms with Gasteiger partial charge >= 0.3 is 130 Å². The molecular weight excluding hydrogens is 767 g/mol. The van der Waals surface area contributed by atoms with Gasteiger partial charge in [0.2, 0.25) is 0 Å². The maximum absolute atomic E-state index is 2.39. The van der Waals surface area contributed by atoms with E-state index in [4.69, 9.17) is 0 Å². The molecule has 0 saturated heterocycles. The maximum atomic E-state index is 2.39. The van der Waals surface area contributed by atoms with Gasteiger partial charge in [0.15, 0.2) is 0 Å². The molecule has 0 atom stereocenters. The Hall–Kier alpha value is -0.242. The second-order valence-electron chi connectivity index (χ2n) is 7.36. The van der Waals surface area contributed by atoms with E-state index >= 15 is 0 Å². The van der Waals surface area contributed by atoms with Crippen molar-refractivity contribution in [2.75, 3.05) is 0 Å². The number of rotatable bonds is 4. The van der Waals surface area contributed by atoms with Crippen molar-refractivity contribution in [2.45, 2.75) is 44.7 Å². The van der Waals surface area contributed by atoms with E-state index in [1.807, 2.05) is 0 Å². The molecule has 1 heterocycles. The van der Waals surface area contributed by atoms with Crippen molar-refractivity contribution in [1.29, 1.82) is 0 Å². The summed E-state index contributed by atoms with van der Waals surface area (Å²) < 4.78 is 8.06. The van der Waals surface area contributed by atoms with Gasteiger partial charge in [0.05, 0.1) is 0 Å². The van der Waals surface area contributed by atoms with Gasteiger partial charge in [-0.3, -0.25) is 0 Å². The number of imidazole rings is 1. The Labute approximate surface area is 212 Å². The molecule has 0 aliphatic heterocycles. The van der Waals surface area contributed by atoms with Crippen molar-refractivity contribution in [2.24, 2.45) is 7.05 Å². The normalized spacial score (nSPS) is 14.6. The van der Waals surface area contributed by atoms with Crippen molar-refractivity contribution in [3.05, 3.63) is 76.2 Å². The summed E-state index contributed by atoms with van der Waals surface area (Å²) in [4.78, 5) is 0. The fourth-order valence-corrected chi connectivity index (χ4v) is 5.33. The molecule has 0 N–H and O–H groups in total. The van der Waals surface area contributed by atoms with E-state index in [9.17, 15) is 0 Å². The van der Waals surface area contributed by atoms with E-state index in [1.54, 1.807) is 0 Å².